The Labute approximate surface area is 130 Å². The summed E-state index contributed by atoms with van der Waals surface area (Å²) in [4.78, 5) is 0. The van der Waals surface area contributed by atoms with E-state index in [0.717, 1.165) is 25.7 Å². The summed E-state index contributed by atoms with van der Waals surface area (Å²) in [5.41, 5.74) is 2.09. The largest absolute Gasteiger partial charge is 0.508 e. The molecule has 0 aliphatic heterocycles. The van der Waals surface area contributed by atoms with E-state index in [-0.39, 0.29) is 11.8 Å². The summed E-state index contributed by atoms with van der Waals surface area (Å²) in [5.74, 6) is 0.898. The third-order valence-corrected chi connectivity index (χ3v) is 6.72. The number of fused-ring (bicyclic) bond motifs is 5. The molecule has 0 radical (unpaired) electrons. The normalized spacial score (nSPS) is 46.7. The molecule has 0 spiro atoms. The van der Waals surface area contributed by atoms with Crippen LogP contribution >= 0.6 is 0 Å². The minimum atomic E-state index is -1.03. The van der Waals surface area contributed by atoms with Crippen LogP contribution in [-0.4, -0.2) is 38.7 Å². The van der Waals surface area contributed by atoms with E-state index in [9.17, 15) is 20.4 Å². The zero-order chi connectivity index (χ0) is 15.6. The van der Waals surface area contributed by atoms with Gasteiger partial charge in [0.1, 0.15) is 11.9 Å². The number of phenols is 1. The molecule has 1 aromatic carbocycles. The van der Waals surface area contributed by atoms with Crippen molar-refractivity contribution in [2.75, 3.05) is 0 Å². The van der Waals surface area contributed by atoms with Gasteiger partial charge in [0.15, 0.2) is 0 Å². The quantitative estimate of drug-likeness (QED) is 0.586. The highest BCUT2D eigenvalue weighted by molar-refractivity contribution is 5.40. The maximum atomic E-state index is 10.5. The lowest BCUT2D eigenvalue weighted by molar-refractivity contribution is -0.0505. The van der Waals surface area contributed by atoms with Crippen LogP contribution in [0.3, 0.4) is 0 Å². The van der Waals surface area contributed by atoms with Gasteiger partial charge in [-0.25, -0.2) is 0 Å². The molecular weight excluding hydrogens is 280 g/mol. The van der Waals surface area contributed by atoms with E-state index in [1.807, 2.05) is 19.1 Å². The molecule has 0 aromatic heterocycles. The van der Waals surface area contributed by atoms with Crippen molar-refractivity contribution in [1.29, 1.82) is 0 Å². The second-order valence-corrected chi connectivity index (χ2v) is 7.69. The van der Waals surface area contributed by atoms with Gasteiger partial charge in [-0.1, -0.05) is 13.0 Å². The maximum absolute atomic E-state index is 10.5. The summed E-state index contributed by atoms with van der Waals surface area (Å²) in [7, 11) is 0. The molecule has 4 N–H and O–H groups in total. The Kier molecular flexibility index (Phi) is 3.09. The van der Waals surface area contributed by atoms with Crippen LogP contribution in [0.1, 0.15) is 43.2 Å². The van der Waals surface area contributed by atoms with Crippen LogP contribution in [0.4, 0.5) is 0 Å². The highest BCUT2D eigenvalue weighted by Gasteiger charge is 2.62. The summed E-state index contributed by atoms with van der Waals surface area (Å²) in [6.45, 7) is 2.02. The van der Waals surface area contributed by atoms with Gasteiger partial charge in [0, 0.05) is 5.41 Å². The van der Waals surface area contributed by atoms with E-state index >= 15 is 0 Å². The first-order valence-corrected chi connectivity index (χ1v) is 8.29. The van der Waals surface area contributed by atoms with E-state index in [0.29, 0.717) is 11.7 Å². The van der Waals surface area contributed by atoms with Crippen molar-refractivity contribution in [3.8, 4) is 5.75 Å². The predicted octanol–water partition coefficient (Wildman–Crippen LogP) is 1.55. The first-order chi connectivity index (χ1) is 10.4. The van der Waals surface area contributed by atoms with Gasteiger partial charge in [0.2, 0.25) is 0 Å². The topological polar surface area (TPSA) is 80.9 Å². The van der Waals surface area contributed by atoms with Crippen molar-refractivity contribution in [2.45, 2.75) is 56.8 Å². The van der Waals surface area contributed by atoms with Crippen LogP contribution in [-0.2, 0) is 6.42 Å². The lowest BCUT2D eigenvalue weighted by Gasteiger charge is -2.50. The average molecular weight is 304 g/mol. The van der Waals surface area contributed by atoms with Crippen molar-refractivity contribution < 1.29 is 20.4 Å². The highest BCUT2D eigenvalue weighted by Crippen LogP contribution is 2.60. The second-order valence-electron chi connectivity index (χ2n) is 7.69. The first-order valence-electron chi connectivity index (χ1n) is 8.29. The molecule has 120 valence electrons. The Balaban J connectivity index is 1.74. The van der Waals surface area contributed by atoms with Gasteiger partial charge >= 0.3 is 0 Å². The Bertz CT molecular complexity index is 601. The fraction of sp³-hybridized carbons (Fsp3) is 0.667. The molecule has 0 heterocycles. The van der Waals surface area contributed by atoms with Crippen LogP contribution in [0.25, 0.3) is 0 Å². The minimum Gasteiger partial charge on any atom is -0.508 e. The van der Waals surface area contributed by atoms with Crippen LogP contribution in [0.5, 0.6) is 5.75 Å². The predicted molar refractivity (Wildman–Crippen MR) is 81.5 cm³/mol. The number of aliphatic hydroxyl groups excluding tert-OH is 3. The number of rotatable bonds is 0. The molecule has 0 saturated heterocycles. The van der Waals surface area contributed by atoms with E-state index in [1.165, 1.54) is 11.1 Å². The summed E-state index contributed by atoms with van der Waals surface area (Å²) in [6, 6.07) is 5.61. The monoisotopic (exact) mass is 304 g/mol. The molecule has 4 heteroatoms. The highest BCUT2D eigenvalue weighted by atomic mass is 16.4. The third kappa shape index (κ3) is 1.75. The summed E-state index contributed by atoms with van der Waals surface area (Å²) >= 11 is 0. The van der Waals surface area contributed by atoms with E-state index in [1.54, 1.807) is 6.07 Å². The molecule has 4 nitrogen and oxygen atoms in total. The Hall–Kier alpha value is -1.10. The lowest BCUT2D eigenvalue weighted by atomic mass is 9.55. The number of hydrogen-bond acceptors (Lipinski definition) is 4. The second kappa shape index (κ2) is 4.70. The lowest BCUT2D eigenvalue weighted by Crippen LogP contribution is -2.46. The molecule has 3 aliphatic carbocycles. The Morgan fingerprint density at radius 2 is 1.86 bits per heavy atom. The molecule has 22 heavy (non-hydrogen) atoms. The smallest absolute Gasteiger partial charge is 0.115 e. The molecule has 2 fully saturated rings. The molecule has 0 amide bonds. The molecule has 2 saturated carbocycles. The summed E-state index contributed by atoms with van der Waals surface area (Å²) in [5, 5.41) is 40.7. The number of benzene rings is 1. The number of aryl methyl sites for hydroxylation is 1. The number of phenolic OH excluding ortho intramolecular Hbond substituents is 1. The van der Waals surface area contributed by atoms with Crippen molar-refractivity contribution in [1.82, 2.24) is 0 Å². The molecule has 3 aliphatic rings. The van der Waals surface area contributed by atoms with E-state index in [2.05, 4.69) is 0 Å². The van der Waals surface area contributed by atoms with E-state index in [4.69, 9.17) is 0 Å². The molecule has 7 atom stereocenters. The van der Waals surface area contributed by atoms with Gasteiger partial charge in [0.25, 0.3) is 0 Å². The number of hydrogen-bond donors (Lipinski definition) is 4. The molecule has 4 unspecified atom stereocenters. The van der Waals surface area contributed by atoms with Gasteiger partial charge in [-0.2, -0.15) is 0 Å². The molecule has 0 bridgehead atoms. The number of aromatic hydroxyl groups is 1. The first kappa shape index (κ1) is 14.5. The third-order valence-electron chi connectivity index (χ3n) is 6.72. The zero-order valence-corrected chi connectivity index (χ0v) is 12.8. The molecule has 1 aromatic rings. The van der Waals surface area contributed by atoms with Gasteiger partial charge in [-0.05, 0) is 66.7 Å². The fourth-order valence-corrected chi connectivity index (χ4v) is 5.62. The van der Waals surface area contributed by atoms with Crippen LogP contribution < -0.4 is 0 Å². The van der Waals surface area contributed by atoms with Crippen LogP contribution in [0.2, 0.25) is 0 Å². The summed E-state index contributed by atoms with van der Waals surface area (Å²) < 4.78 is 0. The van der Waals surface area contributed by atoms with Crippen molar-refractivity contribution >= 4 is 0 Å². The summed E-state index contributed by atoms with van der Waals surface area (Å²) in [6.07, 6.45) is 0.894. The van der Waals surface area contributed by atoms with Crippen LogP contribution in [0.15, 0.2) is 18.2 Å². The zero-order valence-electron chi connectivity index (χ0n) is 12.8. The van der Waals surface area contributed by atoms with Gasteiger partial charge in [-0.15, -0.1) is 0 Å². The van der Waals surface area contributed by atoms with Gasteiger partial charge < -0.3 is 20.4 Å². The van der Waals surface area contributed by atoms with Gasteiger partial charge in [-0.3, -0.25) is 0 Å². The SMILES string of the molecule is CC12CC[C@@H]3c4ccc(O)cc4CCC3[C@@H]1[C@H](O)C(O)C2O. The van der Waals surface area contributed by atoms with Crippen molar-refractivity contribution in [3.05, 3.63) is 29.3 Å². The van der Waals surface area contributed by atoms with E-state index < -0.39 is 23.7 Å². The fourth-order valence-electron chi connectivity index (χ4n) is 5.62. The van der Waals surface area contributed by atoms with Crippen LogP contribution in [0, 0.1) is 17.3 Å². The number of aliphatic hydroxyl groups is 3. The van der Waals surface area contributed by atoms with Crippen molar-refractivity contribution in [2.24, 2.45) is 17.3 Å². The molecule has 4 rings (SSSR count). The maximum Gasteiger partial charge on any atom is 0.115 e. The standard InChI is InChI=1S/C18H24O4/c1-18-7-6-12-11-5-3-10(19)8-9(11)2-4-13(12)14(18)15(20)16(21)17(18)22/h3,5,8,12-17,19-22H,2,4,6-7H2,1H3/t12-,13?,14-,15+,16?,17?,18?/m1/s1. The molecular formula is C18H24O4. The van der Waals surface area contributed by atoms with Gasteiger partial charge in [0.05, 0.1) is 12.2 Å². The average Bonchev–Trinajstić information content (AvgIpc) is 2.68. The minimum absolute atomic E-state index is 0.0572. The van der Waals surface area contributed by atoms with Crippen molar-refractivity contribution in [3.63, 3.8) is 0 Å². The Morgan fingerprint density at radius 1 is 1.09 bits per heavy atom. The Morgan fingerprint density at radius 3 is 2.64 bits per heavy atom.